The van der Waals surface area contributed by atoms with Gasteiger partial charge in [-0.3, -0.25) is 9.36 Å². The van der Waals surface area contributed by atoms with Crippen molar-refractivity contribution in [3.8, 4) is 5.69 Å². The summed E-state index contributed by atoms with van der Waals surface area (Å²) >= 11 is 0. The quantitative estimate of drug-likeness (QED) is 0.458. The molecule has 7 nitrogen and oxygen atoms in total. The first-order valence-corrected chi connectivity index (χ1v) is 10.1. The Balaban J connectivity index is 1.83. The molecular weight excluding hydrogens is 388 g/mol. The van der Waals surface area contributed by atoms with Gasteiger partial charge >= 0.3 is 0 Å². The van der Waals surface area contributed by atoms with Crippen LogP contribution in [-0.4, -0.2) is 25.7 Å². The van der Waals surface area contributed by atoms with E-state index in [4.69, 9.17) is 4.98 Å². The van der Waals surface area contributed by atoms with Crippen molar-refractivity contribution in [3.63, 3.8) is 0 Å². The zero-order chi connectivity index (χ0) is 22.0. The number of aromatic amines is 1. The second-order valence-electron chi connectivity index (χ2n) is 7.25. The first-order chi connectivity index (χ1) is 15.0. The maximum absolute atomic E-state index is 13.6. The summed E-state index contributed by atoms with van der Waals surface area (Å²) in [6.45, 7) is 9.85. The molecule has 0 aliphatic rings. The third-order valence-electron chi connectivity index (χ3n) is 5.10. The van der Waals surface area contributed by atoms with Crippen LogP contribution in [0.15, 0.2) is 71.2 Å². The molecule has 0 radical (unpaired) electrons. The number of hydrogen-bond acceptors (Lipinski definition) is 5. The van der Waals surface area contributed by atoms with Crippen molar-refractivity contribution >= 4 is 28.6 Å². The van der Waals surface area contributed by atoms with Crippen molar-refractivity contribution in [3.05, 3.63) is 88.9 Å². The summed E-state index contributed by atoms with van der Waals surface area (Å²) in [5, 5.41) is 3.97. The number of nitrogens with one attached hydrogen (secondary N) is 2. The SMILES string of the molecule is C=C(NC(C)c1nc2cccc(C)c2c(=O)n1-c1ccccc1)c1[nH]cnc1/N=C\C. The fourth-order valence-corrected chi connectivity index (χ4v) is 3.66. The number of nitrogens with zero attached hydrogens (tertiary/aromatic N) is 4. The Morgan fingerprint density at radius 2 is 2.00 bits per heavy atom. The minimum atomic E-state index is -0.313. The summed E-state index contributed by atoms with van der Waals surface area (Å²) in [7, 11) is 0. The van der Waals surface area contributed by atoms with Crippen LogP contribution >= 0.6 is 0 Å². The van der Waals surface area contributed by atoms with E-state index in [1.165, 1.54) is 0 Å². The fourth-order valence-electron chi connectivity index (χ4n) is 3.66. The molecule has 1 unspecified atom stereocenters. The van der Waals surface area contributed by atoms with Crippen LogP contribution in [0.4, 0.5) is 5.82 Å². The molecule has 0 saturated heterocycles. The lowest BCUT2D eigenvalue weighted by Gasteiger charge is -2.21. The highest BCUT2D eigenvalue weighted by Crippen LogP contribution is 2.24. The number of fused-ring (bicyclic) bond motifs is 1. The summed E-state index contributed by atoms with van der Waals surface area (Å²) in [6.07, 6.45) is 3.25. The van der Waals surface area contributed by atoms with Crippen molar-refractivity contribution in [2.24, 2.45) is 4.99 Å². The van der Waals surface area contributed by atoms with Crippen molar-refractivity contribution in [1.29, 1.82) is 0 Å². The van der Waals surface area contributed by atoms with Gasteiger partial charge in [0.25, 0.3) is 5.56 Å². The Morgan fingerprint density at radius 3 is 2.74 bits per heavy atom. The number of hydrogen-bond donors (Lipinski definition) is 2. The van der Waals surface area contributed by atoms with Crippen molar-refractivity contribution in [2.45, 2.75) is 26.8 Å². The molecular formula is C24H24N6O. The molecule has 2 aromatic carbocycles. The molecule has 0 fully saturated rings. The smallest absolute Gasteiger partial charge is 0.266 e. The monoisotopic (exact) mass is 412 g/mol. The summed E-state index contributed by atoms with van der Waals surface area (Å²) in [6, 6.07) is 14.9. The lowest BCUT2D eigenvalue weighted by molar-refractivity contribution is 0.623. The Labute approximate surface area is 180 Å². The largest absolute Gasteiger partial charge is 0.374 e. The zero-order valence-electron chi connectivity index (χ0n) is 17.8. The molecule has 7 heteroatoms. The van der Waals surface area contributed by atoms with Gasteiger partial charge in [0.05, 0.1) is 34.7 Å². The Hall–Kier alpha value is -4.00. The van der Waals surface area contributed by atoms with Crippen LogP contribution in [-0.2, 0) is 0 Å². The summed E-state index contributed by atoms with van der Waals surface area (Å²) in [5.41, 5.74) is 3.54. The molecule has 2 heterocycles. The molecule has 0 aliphatic carbocycles. The highest BCUT2D eigenvalue weighted by Gasteiger charge is 2.20. The molecule has 1 atom stereocenters. The lowest BCUT2D eigenvalue weighted by Crippen LogP contribution is -2.30. The summed E-state index contributed by atoms with van der Waals surface area (Å²) in [4.78, 5) is 30.0. The van der Waals surface area contributed by atoms with E-state index in [2.05, 4.69) is 26.9 Å². The van der Waals surface area contributed by atoms with Crippen LogP contribution < -0.4 is 10.9 Å². The molecule has 0 bridgehead atoms. The van der Waals surface area contributed by atoms with E-state index in [1.807, 2.05) is 69.3 Å². The van der Waals surface area contributed by atoms with Crippen molar-refractivity contribution in [2.75, 3.05) is 0 Å². The second-order valence-corrected chi connectivity index (χ2v) is 7.25. The van der Waals surface area contributed by atoms with Crippen LogP contribution in [0.5, 0.6) is 0 Å². The highest BCUT2D eigenvalue weighted by molar-refractivity contribution is 5.81. The van der Waals surface area contributed by atoms with Crippen molar-refractivity contribution < 1.29 is 0 Å². The highest BCUT2D eigenvalue weighted by atomic mass is 16.1. The number of para-hydroxylation sites is 1. The normalized spacial score (nSPS) is 12.4. The molecule has 0 aliphatic heterocycles. The van der Waals surface area contributed by atoms with Crippen LogP contribution in [0.25, 0.3) is 22.3 Å². The third kappa shape index (κ3) is 3.77. The molecule has 156 valence electrons. The maximum atomic E-state index is 13.6. The van der Waals surface area contributed by atoms with Gasteiger partial charge in [-0.2, -0.15) is 0 Å². The summed E-state index contributed by atoms with van der Waals surface area (Å²) < 4.78 is 1.67. The first-order valence-electron chi connectivity index (χ1n) is 10.1. The standard InChI is InChI=1S/C24H24N6O/c1-5-25-22-21(26-14-27-22)16(3)28-17(4)23-29-19-13-9-10-15(2)20(19)24(31)30(23)18-11-7-6-8-12-18/h5-14,17,28H,3H2,1-2,4H3,(H,26,27)/b25-5-. The topological polar surface area (TPSA) is 88.0 Å². The van der Waals surface area contributed by atoms with Crippen LogP contribution in [0.3, 0.4) is 0 Å². The van der Waals surface area contributed by atoms with Crippen LogP contribution in [0.1, 0.15) is 37.0 Å². The zero-order valence-corrected chi connectivity index (χ0v) is 17.8. The Morgan fingerprint density at radius 1 is 1.23 bits per heavy atom. The molecule has 4 rings (SSSR count). The molecule has 2 aromatic heterocycles. The Kier molecular flexibility index (Phi) is 5.49. The van der Waals surface area contributed by atoms with Gasteiger partial charge < -0.3 is 10.3 Å². The lowest BCUT2D eigenvalue weighted by atomic mass is 10.1. The molecule has 0 saturated carbocycles. The van der Waals surface area contributed by atoms with Gasteiger partial charge in [0.15, 0.2) is 5.82 Å². The minimum absolute atomic E-state index is 0.0959. The van der Waals surface area contributed by atoms with Crippen LogP contribution in [0.2, 0.25) is 0 Å². The van der Waals surface area contributed by atoms with Gasteiger partial charge in [-0.1, -0.05) is 36.9 Å². The molecule has 0 spiro atoms. The predicted molar refractivity (Wildman–Crippen MR) is 125 cm³/mol. The van der Waals surface area contributed by atoms with Gasteiger partial charge in [-0.05, 0) is 44.5 Å². The van der Waals surface area contributed by atoms with Gasteiger partial charge in [0.1, 0.15) is 11.5 Å². The van der Waals surface area contributed by atoms with Crippen LogP contribution in [0, 0.1) is 6.92 Å². The van der Waals surface area contributed by atoms with E-state index < -0.39 is 0 Å². The number of H-pyrrole nitrogens is 1. The van der Waals surface area contributed by atoms with E-state index in [9.17, 15) is 4.79 Å². The molecule has 0 amide bonds. The number of aliphatic imine (C=N–C) groups is 1. The fraction of sp³-hybridized carbons (Fsp3) is 0.167. The number of benzene rings is 2. The van der Waals surface area contributed by atoms with Crippen molar-refractivity contribution in [1.82, 2.24) is 24.8 Å². The second kappa shape index (κ2) is 8.39. The average Bonchev–Trinajstić information content (AvgIpc) is 3.23. The number of aryl methyl sites for hydroxylation is 1. The summed E-state index contributed by atoms with van der Waals surface area (Å²) in [5.74, 6) is 1.14. The molecule has 4 aromatic rings. The molecule has 2 N–H and O–H groups in total. The van der Waals surface area contributed by atoms with E-state index in [0.717, 1.165) is 11.3 Å². The van der Waals surface area contributed by atoms with Gasteiger partial charge in [0, 0.05) is 6.21 Å². The third-order valence-corrected chi connectivity index (χ3v) is 5.10. The van der Waals surface area contributed by atoms with Gasteiger partial charge in [0.2, 0.25) is 0 Å². The van der Waals surface area contributed by atoms with E-state index in [-0.39, 0.29) is 11.6 Å². The first kappa shape index (κ1) is 20.3. The number of imidazole rings is 1. The Bertz CT molecular complexity index is 1330. The van der Waals surface area contributed by atoms with E-state index in [0.29, 0.717) is 33.9 Å². The van der Waals surface area contributed by atoms with E-state index in [1.54, 1.807) is 17.1 Å². The average molecular weight is 412 g/mol. The number of rotatable bonds is 6. The number of aromatic nitrogens is 4. The van der Waals surface area contributed by atoms with E-state index >= 15 is 0 Å². The van der Waals surface area contributed by atoms with Gasteiger partial charge in [-0.25, -0.2) is 15.0 Å². The predicted octanol–water partition coefficient (Wildman–Crippen LogP) is 4.46. The van der Waals surface area contributed by atoms with Gasteiger partial charge in [-0.15, -0.1) is 0 Å². The maximum Gasteiger partial charge on any atom is 0.266 e. The minimum Gasteiger partial charge on any atom is -0.374 e. The molecule has 31 heavy (non-hydrogen) atoms.